The molecule has 2 rings (SSSR count). The molecule has 1 aliphatic rings. The molecule has 168 valence electrons. The molecular weight excluding hydrogens is 414 g/mol. The predicted octanol–water partition coefficient (Wildman–Crippen LogP) is 3.52. The highest BCUT2D eigenvalue weighted by atomic mass is 32.2. The summed E-state index contributed by atoms with van der Waals surface area (Å²) in [7, 11) is -2.01. The van der Waals surface area contributed by atoms with Crippen LogP contribution in [0, 0.1) is 11.3 Å². The molecule has 31 heavy (non-hydrogen) atoms. The van der Waals surface area contributed by atoms with Crippen LogP contribution in [-0.2, 0) is 14.8 Å². The highest BCUT2D eigenvalue weighted by molar-refractivity contribution is 7.88. The van der Waals surface area contributed by atoms with E-state index < -0.39 is 16.1 Å². The molecule has 0 aromatic heterocycles. The fourth-order valence-corrected chi connectivity index (χ4v) is 3.75. The number of sulfonamides is 1. The molecule has 1 amide bonds. The summed E-state index contributed by atoms with van der Waals surface area (Å²) in [5.41, 5.74) is 1.90. The first kappa shape index (κ1) is 26.1. The molecule has 0 spiro atoms. The number of carbonyl (C=O) groups is 1. The number of benzene rings is 1. The first-order chi connectivity index (χ1) is 14.7. The third-order valence-corrected chi connectivity index (χ3v) is 5.07. The van der Waals surface area contributed by atoms with Crippen molar-refractivity contribution in [2.45, 2.75) is 45.7 Å². The lowest BCUT2D eigenvalue weighted by Crippen LogP contribution is -2.40. The van der Waals surface area contributed by atoms with Crippen LogP contribution in [0.1, 0.15) is 50.8 Å². The summed E-state index contributed by atoms with van der Waals surface area (Å²) in [5, 5.41) is 11.9. The minimum Gasteiger partial charge on any atom is -0.496 e. The van der Waals surface area contributed by atoms with E-state index in [0.717, 1.165) is 18.2 Å². The second kappa shape index (κ2) is 12.7. The van der Waals surface area contributed by atoms with Gasteiger partial charge in [-0.25, -0.2) is 13.1 Å². The molecule has 0 fully saturated rings. The highest BCUT2D eigenvalue weighted by Crippen LogP contribution is 2.26. The van der Waals surface area contributed by atoms with Gasteiger partial charge in [-0.2, -0.15) is 5.26 Å². The molecule has 0 bridgehead atoms. The summed E-state index contributed by atoms with van der Waals surface area (Å²) in [4.78, 5) is 12.7. The van der Waals surface area contributed by atoms with Crippen LogP contribution in [0.15, 0.2) is 54.2 Å². The van der Waals surface area contributed by atoms with Crippen molar-refractivity contribution in [3.63, 3.8) is 0 Å². The summed E-state index contributed by atoms with van der Waals surface area (Å²) in [6.07, 6.45) is 11.1. The normalized spacial score (nSPS) is 14.8. The van der Waals surface area contributed by atoms with Crippen LogP contribution in [-0.4, -0.2) is 33.7 Å². The topological polar surface area (TPSA) is 108 Å². The fourth-order valence-electron chi connectivity index (χ4n) is 3.02. The van der Waals surface area contributed by atoms with Gasteiger partial charge in [0.05, 0.1) is 37.1 Å². The highest BCUT2D eigenvalue weighted by Gasteiger charge is 2.22. The number of amides is 1. The van der Waals surface area contributed by atoms with Gasteiger partial charge in [-0.3, -0.25) is 4.79 Å². The van der Waals surface area contributed by atoms with Crippen molar-refractivity contribution in [3.8, 4) is 11.8 Å². The van der Waals surface area contributed by atoms with E-state index in [1.807, 2.05) is 44.2 Å². The standard InChI is InChI=1S/C21H25N3O4S.C2H6/c1-15(18-11-10-16(14-22)12-20(18)28-2)23-21(25)13-19(24-29(3,26)27)17-8-6-4-5-7-9-17;1-2/h4,6-12,15,19,24H,5,13H2,1-3H3,(H,23,25);1-2H3. The molecule has 0 heterocycles. The Bertz CT molecular complexity index is 989. The first-order valence-electron chi connectivity index (χ1n) is 10.1. The van der Waals surface area contributed by atoms with Gasteiger partial charge >= 0.3 is 0 Å². The molecule has 0 saturated carbocycles. The second-order valence-electron chi connectivity index (χ2n) is 6.74. The number of nitrogens with one attached hydrogen (secondary N) is 2. The minimum atomic E-state index is -3.51. The Kier molecular flexibility index (Phi) is 10.7. The van der Waals surface area contributed by atoms with Crippen molar-refractivity contribution < 1.29 is 17.9 Å². The molecule has 8 heteroatoms. The molecule has 0 aliphatic heterocycles. The molecule has 0 radical (unpaired) electrons. The molecule has 1 aromatic rings. The molecular formula is C23H31N3O4S. The van der Waals surface area contributed by atoms with Crippen LogP contribution in [0.25, 0.3) is 0 Å². The van der Waals surface area contributed by atoms with E-state index in [0.29, 0.717) is 16.9 Å². The van der Waals surface area contributed by atoms with Crippen molar-refractivity contribution >= 4 is 15.9 Å². The zero-order chi connectivity index (χ0) is 23.4. The van der Waals surface area contributed by atoms with E-state index in [-0.39, 0.29) is 18.4 Å². The Morgan fingerprint density at radius 1 is 1.29 bits per heavy atom. The van der Waals surface area contributed by atoms with Crippen LogP contribution in [0.4, 0.5) is 0 Å². The van der Waals surface area contributed by atoms with Gasteiger partial charge in [0.2, 0.25) is 15.9 Å². The summed E-state index contributed by atoms with van der Waals surface area (Å²) < 4.78 is 31.4. The number of hydrogen-bond donors (Lipinski definition) is 2. The minimum absolute atomic E-state index is 0.0555. The average Bonchev–Trinajstić information content (AvgIpc) is 3.02. The summed E-state index contributed by atoms with van der Waals surface area (Å²) in [5.74, 6) is 0.190. The Morgan fingerprint density at radius 2 is 2.00 bits per heavy atom. The number of allylic oxidation sites excluding steroid dienone is 4. The number of carbonyl (C=O) groups excluding carboxylic acids is 1. The second-order valence-corrected chi connectivity index (χ2v) is 8.52. The SMILES string of the molecule is CC.COc1cc(C#N)ccc1C(C)NC(=O)CC(NS(C)(=O)=O)C1=CC=CCC=C1. The third-order valence-electron chi connectivity index (χ3n) is 4.36. The zero-order valence-corrected chi connectivity index (χ0v) is 19.5. The smallest absolute Gasteiger partial charge is 0.222 e. The molecule has 2 N–H and O–H groups in total. The van der Waals surface area contributed by atoms with Gasteiger partial charge < -0.3 is 10.1 Å². The summed E-state index contributed by atoms with van der Waals surface area (Å²) >= 11 is 0. The lowest BCUT2D eigenvalue weighted by atomic mass is 10.0. The average molecular weight is 446 g/mol. The monoisotopic (exact) mass is 445 g/mol. The van der Waals surface area contributed by atoms with Gasteiger partial charge in [0.1, 0.15) is 5.75 Å². The maximum absolute atomic E-state index is 12.7. The molecule has 1 aromatic carbocycles. The predicted molar refractivity (Wildman–Crippen MR) is 123 cm³/mol. The van der Waals surface area contributed by atoms with Gasteiger partial charge in [-0.05, 0) is 31.1 Å². The van der Waals surface area contributed by atoms with Crippen LogP contribution < -0.4 is 14.8 Å². The molecule has 2 atom stereocenters. The van der Waals surface area contributed by atoms with Crippen LogP contribution in [0.2, 0.25) is 0 Å². The van der Waals surface area contributed by atoms with Crippen LogP contribution >= 0.6 is 0 Å². The lowest BCUT2D eigenvalue weighted by Gasteiger charge is -2.21. The van der Waals surface area contributed by atoms with E-state index in [9.17, 15) is 13.2 Å². The van der Waals surface area contributed by atoms with Gasteiger partial charge in [0.25, 0.3) is 0 Å². The Hall–Kier alpha value is -2.89. The van der Waals surface area contributed by atoms with Gasteiger partial charge in [0.15, 0.2) is 0 Å². The van der Waals surface area contributed by atoms with E-state index in [1.165, 1.54) is 7.11 Å². The number of rotatable bonds is 8. The van der Waals surface area contributed by atoms with E-state index in [2.05, 4.69) is 10.0 Å². The Labute approximate surface area is 185 Å². The number of hydrogen-bond acceptors (Lipinski definition) is 5. The molecule has 1 aliphatic carbocycles. The fraction of sp³-hybridized carbons (Fsp3) is 0.391. The van der Waals surface area contributed by atoms with Crippen molar-refractivity contribution in [3.05, 3.63) is 65.3 Å². The number of nitrogens with zero attached hydrogens (tertiary/aromatic N) is 1. The third kappa shape index (κ3) is 8.79. The van der Waals surface area contributed by atoms with E-state index in [4.69, 9.17) is 10.00 Å². The number of nitriles is 1. The van der Waals surface area contributed by atoms with Gasteiger partial charge in [0, 0.05) is 12.0 Å². The van der Waals surface area contributed by atoms with E-state index in [1.54, 1.807) is 31.2 Å². The van der Waals surface area contributed by atoms with Crippen LogP contribution in [0.3, 0.4) is 0 Å². The summed E-state index contributed by atoms with van der Waals surface area (Å²) in [6, 6.07) is 5.98. The number of ether oxygens (including phenoxy) is 1. The maximum atomic E-state index is 12.7. The number of methoxy groups -OCH3 is 1. The quantitative estimate of drug-likeness (QED) is 0.636. The first-order valence-corrected chi connectivity index (χ1v) is 12.0. The van der Waals surface area contributed by atoms with Crippen molar-refractivity contribution in [1.82, 2.24) is 10.0 Å². The lowest BCUT2D eigenvalue weighted by molar-refractivity contribution is -0.121. The Morgan fingerprint density at radius 3 is 2.61 bits per heavy atom. The molecule has 7 nitrogen and oxygen atoms in total. The van der Waals surface area contributed by atoms with Gasteiger partial charge in [-0.15, -0.1) is 0 Å². The van der Waals surface area contributed by atoms with Gasteiger partial charge in [-0.1, -0.05) is 50.3 Å². The molecule has 2 unspecified atom stereocenters. The Balaban J connectivity index is 0.00000233. The largest absolute Gasteiger partial charge is 0.496 e. The van der Waals surface area contributed by atoms with Crippen molar-refractivity contribution in [2.24, 2.45) is 0 Å². The van der Waals surface area contributed by atoms with Crippen molar-refractivity contribution in [1.29, 1.82) is 5.26 Å². The van der Waals surface area contributed by atoms with Crippen molar-refractivity contribution in [2.75, 3.05) is 13.4 Å². The summed E-state index contributed by atoms with van der Waals surface area (Å²) in [6.45, 7) is 5.80. The maximum Gasteiger partial charge on any atom is 0.222 e. The zero-order valence-electron chi connectivity index (χ0n) is 18.7. The van der Waals surface area contributed by atoms with E-state index >= 15 is 0 Å². The molecule has 0 saturated heterocycles. The van der Waals surface area contributed by atoms with Crippen LogP contribution in [0.5, 0.6) is 5.75 Å².